The molecule has 1 rings (SSSR count). The molecule has 0 atom stereocenters. The molecule has 0 bridgehead atoms. The van der Waals surface area contributed by atoms with E-state index in [9.17, 15) is 8.42 Å². The van der Waals surface area contributed by atoms with Crippen LogP contribution in [0.5, 0.6) is 0 Å². The number of halogens is 1. The Morgan fingerprint density at radius 2 is 1.92 bits per heavy atom. The van der Waals surface area contributed by atoms with Crippen LogP contribution in [-0.2, 0) is 10.1 Å². The molecule has 0 unspecified atom stereocenters. The van der Waals surface area contributed by atoms with Gasteiger partial charge in [-0.2, -0.15) is 8.42 Å². The Morgan fingerprint density at radius 3 is 2.50 bits per heavy atom. The number of hydrogen-bond acceptors (Lipinski definition) is 3. The zero-order valence-electron chi connectivity index (χ0n) is 5.97. The highest BCUT2D eigenvalue weighted by atomic mass is 35.5. The van der Waals surface area contributed by atoms with Gasteiger partial charge in [-0.25, -0.2) is 0 Å². The minimum Gasteiger partial charge on any atom is -0.350 e. The molecule has 0 aliphatic carbocycles. The van der Waals surface area contributed by atoms with Gasteiger partial charge in [-0.3, -0.25) is 4.55 Å². The fraction of sp³-hybridized carbons (Fsp3) is 0. The first kappa shape index (κ1) is 11.2. The zero-order valence-corrected chi connectivity index (χ0v) is 7.60. The Hall–Kier alpha value is -0.780. The topological polar surface area (TPSA) is 66.4 Å². The molecule has 12 heavy (non-hydrogen) atoms. The second-order valence-corrected chi connectivity index (χ2v) is 3.28. The molecule has 2 N–H and O–H groups in total. The largest absolute Gasteiger partial charge is 0.350 e. The lowest BCUT2D eigenvalue weighted by atomic mass is 10.5. The van der Waals surface area contributed by atoms with Crippen LogP contribution in [-0.4, -0.2) is 13.0 Å². The summed E-state index contributed by atoms with van der Waals surface area (Å²) in [4.78, 5) is 0. The maximum atomic E-state index is 10.5. The number of rotatable bonds is 1. The standard InChI is InChI=1S/C6H7NO3S.ClH/c8-11(9,10)6-4-2-1-3-5-7-6;/h1-5,7H,(H,8,9,10);1H. The smallest absolute Gasteiger partial charge is 0.310 e. The maximum Gasteiger partial charge on any atom is 0.310 e. The van der Waals surface area contributed by atoms with Crippen molar-refractivity contribution in [1.29, 1.82) is 0 Å². The molecule has 0 spiro atoms. The van der Waals surface area contributed by atoms with E-state index in [2.05, 4.69) is 5.32 Å². The Labute approximate surface area is 76.8 Å². The zero-order chi connectivity index (χ0) is 8.32. The molecule has 0 aromatic heterocycles. The van der Waals surface area contributed by atoms with E-state index >= 15 is 0 Å². The van der Waals surface area contributed by atoms with Gasteiger partial charge >= 0.3 is 10.1 Å². The molecule has 68 valence electrons. The monoisotopic (exact) mass is 209 g/mol. The highest BCUT2D eigenvalue weighted by molar-refractivity contribution is 7.89. The highest BCUT2D eigenvalue weighted by Crippen LogP contribution is 2.02. The predicted octanol–water partition coefficient (Wildman–Crippen LogP) is 0.810. The predicted molar refractivity (Wildman–Crippen MR) is 48.3 cm³/mol. The molecule has 0 saturated carbocycles. The van der Waals surface area contributed by atoms with E-state index in [1.165, 1.54) is 18.4 Å². The van der Waals surface area contributed by atoms with Crippen molar-refractivity contribution in [2.45, 2.75) is 0 Å². The Morgan fingerprint density at radius 1 is 1.25 bits per heavy atom. The van der Waals surface area contributed by atoms with Crippen LogP contribution >= 0.6 is 12.4 Å². The summed E-state index contributed by atoms with van der Waals surface area (Å²) in [5, 5.41) is 2.18. The van der Waals surface area contributed by atoms with Gasteiger partial charge in [0.1, 0.15) is 0 Å². The maximum absolute atomic E-state index is 10.5. The van der Waals surface area contributed by atoms with Gasteiger partial charge in [0.05, 0.1) is 0 Å². The Balaban J connectivity index is 0.00000121. The summed E-state index contributed by atoms with van der Waals surface area (Å²) in [6.07, 6.45) is 7.47. The van der Waals surface area contributed by atoms with Crippen molar-refractivity contribution in [3.63, 3.8) is 0 Å². The first-order valence-electron chi connectivity index (χ1n) is 2.88. The normalized spacial score (nSPS) is 15.6. The highest BCUT2D eigenvalue weighted by Gasteiger charge is 2.10. The molecule has 0 fully saturated rings. The summed E-state index contributed by atoms with van der Waals surface area (Å²) < 4.78 is 29.5. The van der Waals surface area contributed by atoms with Crippen LogP contribution in [0, 0.1) is 0 Å². The number of hydrogen-bond donors (Lipinski definition) is 2. The second kappa shape index (κ2) is 4.30. The number of allylic oxidation sites excluding steroid dienone is 4. The third-order valence-electron chi connectivity index (χ3n) is 1.07. The van der Waals surface area contributed by atoms with Gasteiger partial charge in [0.25, 0.3) is 0 Å². The lowest BCUT2D eigenvalue weighted by Crippen LogP contribution is -2.14. The summed E-state index contributed by atoms with van der Waals surface area (Å²) >= 11 is 0. The van der Waals surface area contributed by atoms with Crippen LogP contribution in [0.15, 0.2) is 35.5 Å². The Kier molecular flexibility index (Phi) is 4.02. The molecule has 6 heteroatoms. The van der Waals surface area contributed by atoms with Crippen LogP contribution in [0.3, 0.4) is 0 Å². The average molecular weight is 210 g/mol. The van der Waals surface area contributed by atoms with Crippen LogP contribution < -0.4 is 5.32 Å². The minimum absolute atomic E-state index is 0. The molecule has 1 aliphatic heterocycles. The van der Waals surface area contributed by atoms with Crippen LogP contribution in [0.4, 0.5) is 0 Å². The van der Waals surface area contributed by atoms with Crippen molar-refractivity contribution < 1.29 is 13.0 Å². The van der Waals surface area contributed by atoms with Gasteiger partial charge in [-0.05, 0) is 12.2 Å². The molecule has 0 amide bonds. The van der Waals surface area contributed by atoms with E-state index in [0.29, 0.717) is 0 Å². The van der Waals surface area contributed by atoms with E-state index in [0.717, 1.165) is 0 Å². The van der Waals surface area contributed by atoms with Crippen molar-refractivity contribution in [2.24, 2.45) is 0 Å². The van der Waals surface area contributed by atoms with Gasteiger partial charge in [0, 0.05) is 6.20 Å². The lowest BCUT2D eigenvalue weighted by molar-refractivity contribution is 0.488. The molecule has 0 aromatic carbocycles. The van der Waals surface area contributed by atoms with Crippen LogP contribution in [0.1, 0.15) is 0 Å². The summed E-state index contributed by atoms with van der Waals surface area (Å²) in [5.74, 6) is 0. The van der Waals surface area contributed by atoms with Crippen molar-refractivity contribution in [1.82, 2.24) is 5.32 Å². The molecular formula is C6H8ClNO3S. The molecule has 0 aromatic rings. The van der Waals surface area contributed by atoms with Crippen molar-refractivity contribution in [2.75, 3.05) is 0 Å². The third-order valence-corrected chi connectivity index (χ3v) is 1.88. The van der Waals surface area contributed by atoms with Crippen molar-refractivity contribution >= 4 is 22.5 Å². The molecular weight excluding hydrogens is 202 g/mol. The fourth-order valence-corrected chi connectivity index (χ4v) is 1.07. The van der Waals surface area contributed by atoms with E-state index < -0.39 is 10.1 Å². The van der Waals surface area contributed by atoms with Gasteiger partial charge in [0.2, 0.25) is 0 Å². The summed E-state index contributed by atoms with van der Waals surface area (Å²) in [6.45, 7) is 0. The quantitative estimate of drug-likeness (QED) is 0.628. The molecule has 4 nitrogen and oxygen atoms in total. The van der Waals surface area contributed by atoms with Crippen LogP contribution in [0.25, 0.3) is 0 Å². The first-order chi connectivity index (χ1) is 5.11. The lowest BCUT2D eigenvalue weighted by Gasteiger charge is -1.99. The first-order valence-corrected chi connectivity index (χ1v) is 4.32. The summed E-state index contributed by atoms with van der Waals surface area (Å²) in [5.41, 5.74) is 0. The van der Waals surface area contributed by atoms with Gasteiger partial charge < -0.3 is 5.32 Å². The van der Waals surface area contributed by atoms with Gasteiger partial charge in [0.15, 0.2) is 5.03 Å². The molecule has 1 aliphatic rings. The minimum atomic E-state index is -4.10. The van der Waals surface area contributed by atoms with Crippen molar-refractivity contribution in [3.8, 4) is 0 Å². The Bertz CT molecular complexity index is 329. The van der Waals surface area contributed by atoms with E-state index in [1.807, 2.05) is 0 Å². The molecule has 1 heterocycles. The van der Waals surface area contributed by atoms with Crippen LogP contribution in [0.2, 0.25) is 0 Å². The van der Waals surface area contributed by atoms with Gasteiger partial charge in [-0.1, -0.05) is 12.2 Å². The van der Waals surface area contributed by atoms with Crippen molar-refractivity contribution in [3.05, 3.63) is 35.5 Å². The van der Waals surface area contributed by atoms with E-state index in [1.54, 1.807) is 12.2 Å². The summed E-state index contributed by atoms with van der Waals surface area (Å²) in [6, 6.07) is 0. The fourth-order valence-electron chi connectivity index (χ4n) is 0.601. The summed E-state index contributed by atoms with van der Waals surface area (Å²) in [7, 11) is -4.10. The SMILES string of the molecule is Cl.O=S(=O)(O)C1=CC=CC=CN1. The number of nitrogens with one attached hydrogen (secondary N) is 1. The van der Waals surface area contributed by atoms with E-state index in [4.69, 9.17) is 4.55 Å². The molecule has 0 radical (unpaired) electrons. The average Bonchev–Trinajstić information content (AvgIpc) is 2.10. The molecule has 0 saturated heterocycles. The van der Waals surface area contributed by atoms with Gasteiger partial charge in [-0.15, -0.1) is 12.4 Å². The third kappa shape index (κ3) is 3.08. The second-order valence-electron chi connectivity index (χ2n) is 1.89. The van der Waals surface area contributed by atoms with E-state index in [-0.39, 0.29) is 17.4 Å².